The van der Waals surface area contributed by atoms with E-state index in [1.165, 1.54) is 19.3 Å². The normalized spacial score (nSPS) is 15.6. The number of rotatable bonds is 5. The Morgan fingerprint density at radius 2 is 1.95 bits per heavy atom. The molecule has 0 aliphatic heterocycles. The Balaban J connectivity index is 1.80. The Morgan fingerprint density at radius 3 is 2.65 bits per heavy atom. The second kappa shape index (κ2) is 6.93. The smallest absolute Gasteiger partial charge is 0.248 e. The Morgan fingerprint density at radius 1 is 1.20 bits per heavy atom. The first kappa shape index (κ1) is 14.4. The van der Waals surface area contributed by atoms with Crippen LogP contribution < -0.4 is 16.4 Å². The molecule has 20 heavy (non-hydrogen) atoms. The van der Waals surface area contributed by atoms with E-state index in [9.17, 15) is 9.59 Å². The van der Waals surface area contributed by atoms with Crippen molar-refractivity contribution in [2.45, 2.75) is 38.1 Å². The summed E-state index contributed by atoms with van der Waals surface area (Å²) in [6.45, 7) is 0.207. The predicted molar refractivity (Wildman–Crippen MR) is 78.5 cm³/mol. The minimum absolute atomic E-state index is 0.0126. The fraction of sp³-hybridized carbons (Fsp3) is 0.467. The van der Waals surface area contributed by atoms with Gasteiger partial charge in [0.1, 0.15) is 0 Å². The first-order valence-corrected chi connectivity index (χ1v) is 7.08. The van der Waals surface area contributed by atoms with E-state index >= 15 is 0 Å². The van der Waals surface area contributed by atoms with Crippen molar-refractivity contribution in [2.75, 3.05) is 11.9 Å². The fourth-order valence-electron chi connectivity index (χ4n) is 2.49. The maximum atomic E-state index is 11.8. The minimum atomic E-state index is -0.472. The van der Waals surface area contributed by atoms with Gasteiger partial charge in [0.2, 0.25) is 11.8 Å². The van der Waals surface area contributed by atoms with Crippen LogP contribution in [-0.4, -0.2) is 24.4 Å². The molecule has 0 saturated heterocycles. The summed E-state index contributed by atoms with van der Waals surface area (Å²) >= 11 is 0. The van der Waals surface area contributed by atoms with E-state index in [0.29, 0.717) is 11.6 Å². The monoisotopic (exact) mass is 275 g/mol. The molecule has 0 heterocycles. The highest BCUT2D eigenvalue weighted by atomic mass is 16.2. The number of anilines is 1. The number of hydrogen-bond donors (Lipinski definition) is 3. The number of hydrogen-bond acceptors (Lipinski definition) is 3. The lowest BCUT2D eigenvalue weighted by atomic mass is 9.95. The standard InChI is InChI=1S/C15H21N3O2/c16-15(20)11-5-4-8-13(9-11)17-10-14(19)18-12-6-2-1-3-7-12/h4-5,8-9,12,17H,1-3,6-7,10H2,(H2,16,20)(H,18,19). The van der Waals surface area contributed by atoms with Crippen molar-refractivity contribution in [1.29, 1.82) is 0 Å². The Kier molecular flexibility index (Phi) is 4.98. The van der Waals surface area contributed by atoms with E-state index in [1.807, 2.05) is 0 Å². The van der Waals surface area contributed by atoms with E-state index in [1.54, 1.807) is 24.3 Å². The SMILES string of the molecule is NC(=O)c1cccc(NCC(=O)NC2CCCCC2)c1. The van der Waals surface area contributed by atoms with Crippen LogP contribution in [0.4, 0.5) is 5.69 Å². The Bertz CT molecular complexity index is 482. The molecule has 1 aliphatic rings. The first-order valence-electron chi connectivity index (χ1n) is 7.08. The maximum Gasteiger partial charge on any atom is 0.248 e. The van der Waals surface area contributed by atoms with Crippen LogP contribution >= 0.6 is 0 Å². The number of carbonyl (C=O) groups excluding carboxylic acids is 2. The van der Waals surface area contributed by atoms with E-state index in [4.69, 9.17) is 5.73 Å². The highest BCUT2D eigenvalue weighted by Gasteiger charge is 2.15. The Hall–Kier alpha value is -2.04. The lowest BCUT2D eigenvalue weighted by Gasteiger charge is -2.22. The van der Waals surface area contributed by atoms with Crippen molar-refractivity contribution in [1.82, 2.24) is 5.32 Å². The summed E-state index contributed by atoms with van der Waals surface area (Å²) in [7, 11) is 0. The maximum absolute atomic E-state index is 11.8. The van der Waals surface area contributed by atoms with E-state index < -0.39 is 5.91 Å². The van der Waals surface area contributed by atoms with Crippen LogP contribution in [-0.2, 0) is 4.79 Å². The molecule has 0 atom stereocenters. The van der Waals surface area contributed by atoms with Gasteiger partial charge in [-0.15, -0.1) is 0 Å². The van der Waals surface area contributed by atoms with Crippen LogP contribution in [0.25, 0.3) is 0 Å². The van der Waals surface area contributed by atoms with Gasteiger partial charge in [-0.1, -0.05) is 25.3 Å². The topological polar surface area (TPSA) is 84.2 Å². The van der Waals surface area contributed by atoms with Crippen LogP contribution in [0.2, 0.25) is 0 Å². The van der Waals surface area contributed by atoms with Gasteiger partial charge in [0, 0.05) is 17.3 Å². The number of amides is 2. The molecule has 4 N–H and O–H groups in total. The van der Waals surface area contributed by atoms with E-state index in [-0.39, 0.29) is 12.5 Å². The third kappa shape index (κ3) is 4.26. The van der Waals surface area contributed by atoms with Gasteiger partial charge in [-0.25, -0.2) is 0 Å². The molecule has 0 bridgehead atoms. The van der Waals surface area contributed by atoms with Crippen LogP contribution in [0.3, 0.4) is 0 Å². The molecule has 5 nitrogen and oxygen atoms in total. The first-order chi connectivity index (χ1) is 9.65. The highest BCUT2D eigenvalue weighted by molar-refractivity contribution is 5.93. The average molecular weight is 275 g/mol. The van der Waals surface area contributed by atoms with E-state index in [0.717, 1.165) is 18.5 Å². The van der Waals surface area contributed by atoms with Gasteiger partial charge in [-0.2, -0.15) is 0 Å². The third-order valence-electron chi connectivity index (χ3n) is 3.57. The van der Waals surface area contributed by atoms with Crippen molar-refractivity contribution in [3.8, 4) is 0 Å². The third-order valence-corrected chi connectivity index (χ3v) is 3.57. The summed E-state index contributed by atoms with van der Waals surface area (Å²) in [5.74, 6) is -0.485. The van der Waals surface area contributed by atoms with Crippen LogP contribution in [0, 0.1) is 0 Å². The van der Waals surface area contributed by atoms with Crippen LogP contribution in [0.5, 0.6) is 0 Å². The summed E-state index contributed by atoms with van der Waals surface area (Å²) < 4.78 is 0. The lowest BCUT2D eigenvalue weighted by molar-refractivity contribution is -0.120. The Labute approximate surface area is 118 Å². The van der Waals surface area contributed by atoms with Crippen molar-refractivity contribution in [3.63, 3.8) is 0 Å². The molecule has 1 fully saturated rings. The molecular formula is C15H21N3O2. The lowest BCUT2D eigenvalue weighted by Crippen LogP contribution is -2.39. The van der Waals surface area contributed by atoms with Crippen LogP contribution in [0.1, 0.15) is 42.5 Å². The van der Waals surface area contributed by atoms with E-state index in [2.05, 4.69) is 10.6 Å². The molecule has 0 spiro atoms. The number of nitrogens with two attached hydrogens (primary N) is 1. The molecule has 2 amide bonds. The molecule has 1 saturated carbocycles. The zero-order valence-corrected chi connectivity index (χ0v) is 11.5. The van der Waals surface area contributed by atoms with Gasteiger partial charge >= 0.3 is 0 Å². The molecular weight excluding hydrogens is 254 g/mol. The van der Waals surface area contributed by atoms with Gasteiger partial charge < -0.3 is 16.4 Å². The summed E-state index contributed by atoms with van der Waals surface area (Å²) in [5.41, 5.74) is 6.37. The predicted octanol–water partition coefficient (Wildman–Crippen LogP) is 1.65. The molecule has 0 radical (unpaired) electrons. The van der Waals surface area contributed by atoms with Crippen molar-refractivity contribution in [3.05, 3.63) is 29.8 Å². The van der Waals surface area contributed by atoms with Crippen molar-refractivity contribution < 1.29 is 9.59 Å². The zero-order valence-electron chi connectivity index (χ0n) is 11.5. The average Bonchev–Trinajstić information content (AvgIpc) is 2.46. The molecule has 1 aromatic carbocycles. The number of primary amides is 1. The summed E-state index contributed by atoms with van der Waals surface area (Å²) in [5, 5.41) is 6.04. The molecule has 2 rings (SSSR count). The molecule has 5 heteroatoms. The van der Waals surface area contributed by atoms with Gasteiger partial charge in [0.05, 0.1) is 6.54 Å². The van der Waals surface area contributed by atoms with Gasteiger partial charge in [-0.3, -0.25) is 9.59 Å². The summed E-state index contributed by atoms with van der Waals surface area (Å²) in [6.07, 6.45) is 5.80. The number of nitrogens with one attached hydrogen (secondary N) is 2. The second-order valence-corrected chi connectivity index (χ2v) is 5.20. The van der Waals surface area contributed by atoms with Gasteiger partial charge in [-0.05, 0) is 31.0 Å². The zero-order chi connectivity index (χ0) is 14.4. The molecule has 0 aromatic heterocycles. The minimum Gasteiger partial charge on any atom is -0.376 e. The second-order valence-electron chi connectivity index (χ2n) is 5.20. The molecule has 1 aliphatic carbocycles. The number of benzene rings is 1. The highest BCUT2D eigenvalue weighted by Crippen LogP contribution is 2.17. The summed E-state index contributed by atoms with van der Waals surface area (Å²) in [4.78, 5) is 22.9. The largest absolute Gasteiger partial charge is 0.376 e. The van der Waals surface area contributed by atoms with Crippen molar-refractivity contribution in [2.24, 2.45) is 5.73 Å². The van der Waals surface area contributed by atoms with Crippen LogP contribution in [0.15, 0.2) is 24.3 Å². The number of carbonyl (C=O) groups is 2. The summed E-state index contributed by atoms with van der Waals surface area (Å²) in [6, 6.07) is 7.16. The quantitative estimate of drug-likeness (QED) is 0.764. The fourth-order valence-corrected chi connectivity index (χ4v) is 2.49. The van der Waals surface area contributed by atoms with Gasteiger partial charge in [0.25, 0.3) is 0 Å². The van der Waals surface area contributed by atoms with Crippen molar-refractivity contribution >= 4 is 17.5 Å². The molecule has 0 unspecified atom stereocenters. The molecule has 1 aromatic rings. The molecule has 108 valence electrons. The van der Waals surface area contributed by atoms with Gasteiger partial charge in [0.15, 0.2) is 0 Å².